The van der Waals surface area contributed by atoms with E-state index in [4.69, 9.17) is 4.74 Å². The van der Waals surface area contributed by atoms with Crippen LogP contribution in [0.2, 0.25) is 0 Å². The highest BCUT2D eigenvalue weighted by atomic mass is 16.5. The molecule has 2 aliphatic carbocycles. The van der Waals surface area contributed by atoms with E-state index in [0.717, 1.165) is 19.3 Å². The molecule has 2 aliphatic rings. The Hall–Kier alpha value is -0.370. The second-order valence-electron chi connectivity index (χ2n) is 4.16. The Morgan fingerprint density at radius 3 is 2.67 bits per heavy atom. The zero-order chi connectivity index (χ0) is 8.60. The van der Waals surface area contributed by atoms with Crippen LogP contribution in [0.5, 0.6) is 0 Å². The standard InChI is InChI=1S/C10H16O2/c1-12-9-4-2-3-8(9)10(7-11)5-6-10/h7-9H,2-6H2,1H3. The maximum atomic E-state index is 10.9. The lowest BCUT2D eigenvalue weighted by Crippen LogP contribution is -2.26. The molecule has 0 aliphatic heterocycles. The number of hydrogen-bond donors (Lipinski definition) is 0. The molecule has 0 aromatic heterocycles. The largest absolute Gasteiger partial charge is 0.381 e. The number of methoxy groups -OCH3 is 1. The molecule has 0 radical (unpaired) electrons. The molecule has 0 aromatic rings. The van der Waals surface area contributed by atoms with Gasteiger partial charge >= 0.3 is 0 Å². The summed E-state index contributed by atoms with van der Waals surface area (Å²) in [6.07, 6.45) is 7.31. The molecule has 0 spiro atoms. The fraction of sp³-hybridized carbons (Fsp3) is 0.900. The van der Waals surface area contributed by atoms with Crippen molar-refractivity contribution in [2.45, 2.75) is 38.2 Å². The zero-order valence-electron chi connectivity index (χ0n) is 7.58. The Bertz CT molecular complexity index is 184. The van der Waals surface area contributed by atoms with E-state index in [-0.39, 0.29) is 5.41 Å². The van der Waals surface area contributed by atoms with Crippen LogP contribution in [0.3, 0.4) is 0 Å². The van der Waals surface area contributed by atoms with Crippen molar-refractivity contribution >= 4 is 6.29 Å². The van der Waals surface area contributed by atoms with Crippen LogP contribution < -0.4 is 0 Å². The van der Waals surface area contributed by atoms with Crippen LogP contribution in [0.25, 0.3) is 0 Å². The van der Waals surface area contributed by atoms with Gasteiger partial charge in [-0.3, -0.25) is 0 Å². The van der Waals surface area contributed by atoms with Crippen LogP contribution in [0.4, 0.5) is 0 Å². The summed E-state index contributed by atoms with van der Waals surface area (Å²) in [7, 11) is 1.77. The lowest BCUT2D eigenvalue weighted by Gasteiger charge is -2.22. The minimum atomic E-state index is 0.0389. The van der Waals surface area contributed by atoms with E-state index in [9.17, 15) is 4.79 Å². The molecule has 0 amide bonds. The quantitative estimate of drug-likeness (QED) is 0.600. The highest BCUT2D eigenvalue weighted by molar-refractivity contribution is 5.64. The minimum absolute atomic E-state index is 0.0389. The van der Waals surface area contributed by atoms with Gasteiger partial charge in [0.25, 0.3) is 0 Å². The van der Waals surface area contributed by atoms with Gasteiger partial charge in [-0.15, -0.1) is 0 Å². The average Bonchev–Trinajstić information content (AvgIpc) is 2.76. The Labute approximate surface area is 73.3 Å². The lowest BCUT2D eigenvalue weighted by atomic mass is 9.87. The number of carbonyl (C=O) groups excluding carboxylic acids is 1. The number of carbonyl (C=O) groups is 1. The van der Waals surface area contributed by atoms with E-state index in [1.807, 2.05) is 0 Å². The Balaban J connectivity index is 2.07. The Morgan fingerprint density at radius 2 is 2.17 bits per heavy atom. The van der Waals surface area contributed by atoms with Crippen molar-refractivity contribution in [2.24, 2.45) is 11.3 Å². The van der Waals surface area contributed by atoms with E-state index in [1.54, 1.807) is 7.11 Å². The zero-order valence-corrected chi connectivity index (χ0v) is 7.58. The number of hydrogen-bond acceptors (Lipinski definition) is 2. The van der Waals surface area contributed by atoms with Crippen molar-refractivity contribution in [2.75, 3.05) is 7.11 Å². The molecule has 2 atom stereocenters. The molecule has 0 bridgehead atoms. The Kier molecular flexibility index (Phi) is 1.95. The highest BCUT2D eigenvalue weighted by Gasteiger charge is 2.53. The van der Waals surface area contributed by atoms with Crippen molar-refractivity contribution in [1.29, 1.82) is 0 Å². The smallest absolute Gasteiger partial charge is 0.126 e. The van der Waals surface area contributed by atoms with Crippen molar-refractivity contribution in [3.63, 3.8) is 0 Å². The fourth-order valence-corrected chi connectivity index (χ4v) is 2.59. The van der Waals surface area contributed by atoms with Crippen molar-refractivity contribution in [3.8, 4) is 0 Å². The molecule has 0 heterocycles. The molecule has 2 nitrogen and oxygen atoms in total. The first kappa shape index (κ1) is 8.24. The van der Waals surface area contributed by atoms with Gasteiger partial charge in [-0.25, -0.2) is 0 Å². The maximum Gasteiger partial charge on any atom is 0.126 e. The van der Waals surface area contributed by atoms with E-state index in [0.29, 0.717) is 12.0 Å². The van der Waals surface area contributed by atoms with Crippen molar-refractivity contribution < 1.29 is 9.53 Å². The van der Waals surface area contributed by atoms with Gasteiger partial charge in [-0.1, -0.05) is 6.42 Å². The number of rotatable bonds is 3. The first-order valence-electron chi connectivity index (χ1n) is 4.81. The molecule has 2 rings (SSSR count). The molecule has 2 fully saturated rings. The van der Waals surface area contributed by atoms with E-state index in [2.05, 4.69) is 0 Å². The summed E-state index contributed by atoms with van der Waals surface area (Å²) in [6, 6.07) is 0. The average molecular weight is 168 g/mol. The van der Waals surface area contributed by atoms with Gasteiger partial charge in [0, 0.05) is 12.5 Å². The molecule has 68 valence electrons. The third kappa shape index (κ3) is 1.09. The van der Waals surface area contributed by atoms with E-state index < -0.39 is 0 Å². The molecular formula is C10H16O2. The second-order valence-corrected chi connectivity index (χ2v) is 4.16. The van der Waals surface area contributed by atoms with Gasteiger partial charge in [-0.2, -0.15) is 0 Å². The van der Waals surface area contributed by atoms with Crippen LogP contribution in [0.1, 0.15) is 32.1 Å². The summed E-state index contributed by atoms with van der Waals surface area (Å²) in [4.78, 5) is 10.9. The van der Waals surface area contributed by atoms with Gasteiger partial charge in [-0.05, 0) is 31.6 Å². The molecule has 12 heavy (non-hydrogen) atoms. The van der Waals surface area contributed by atoms with E-state index in [1.165, 1.54) is 19.1 Å². The van der Waals surface area contributed by atoms with Gasteiger partial charge in [0.05, 0.1) is 6.10 Å². The van der Waals surface area contributed by atoms with Gasteiger partial charge < -0.3 is 9.53 Å². The molecule has 0 N–H and O–H groups in total. The first-order valence-corrected chi connectivity index (χ1v) is 4.81. The van der Waals surface area contributed by atoms with E-state index >= 15 is 0 Å². The SMILES string of the molecule is COC1CCCC1C1(C=O)CC1. The second kappa shape index (κ2) is 2.84. The predicted molar refractivity (Wildman–Crippen MR) is 45.9 cm³/mol. The monoisotopic (exact) mass is 168 g/mol. The summed E-state index contributed by atoms with van der Waals surface area (Å²) in [5, 5.41) is 0. The normalized spacial score (nSPS) is 38.1. The molecule has 0 saturated heterocycles. The number of aldehydes is 1. The summed E-state index contributed by atoms with van der Waals surface area (Å²) >= 11 is 0. The van der Waals surface area contributed by atoms with Crippen LogP contribution in [0, 0.1) is 11.3 Å². The fourth-order valence-electron chi connectivity index (χ4n) is 2.59. The summed E-state index contributed by atoms with van der Waals surface area (Å²) < 4.78 is 5.39. The molecule has 0 aromatic carbocycles. The third-order valence-electron chi connectivity index (χ3n) is 3.56. The number of ether oxygens (including phenoxy) is 1. The predicted octanol–water partition coefficient (Wildman–Crippen LogP) is 1.78. The maximum absolute atomic E-state index is 10.9. The third-order valence-corrected chi connectivity index (χ3v) is 3.56. The molecule has 2 saturated carbocycles. The van der Waals surface area contributed by atoms with Crippen molar-refractivity contribution in [3.05, 3.63) is 0 Å². The molecular weight excluding hydrogens is 152 g/mol. The van der Waals surface area contributed by atoms with Gasteiger partial charge in [0.2, 0.25) is 0 Å². The van der Waals surface area contributed by atoms with Gasteiger partial charge in [0.15, 0.2) is 0 Å². The lowest BCUT2D eigenvalue weighted by molar-refractivity contribution is -0.115. The van der Waals surface area contributed by atoms with Crippen LogP contribution >= 0.6 is 0 Å². The topological polar surface area (TPSA) is 26.3 Å². The van der Waals surface area contributed by atoms with Crippen LogP contribution in [0.15, 0.2) is 0 Å². The minimum Gasteiger partial charge on any atom is -0.381 e. The first-order chi connectivity index (χ1) is 5.82. The summed E-state index contributed by atoms with van der Waals surface area (Å²) in [5.74, 6) is 0.528. The summed E-state index contributed by atoms with van der Waals surface area (Å²) in [5.41, 5.74) is 0.0389. The van der Waals surface area contributed by atoms with Gasteiger partial charge in [0.1, 0.15) is 6.29 Å². The highest BCUT2D eigenvalue weighted by Crippen LogP contribution is 2.56. The molecule has 2 heteroatoms. The molecule has 2 unspecified atom stereocenters. The van der Waals surface area contributed by atoms with Crippen molar-refractivity contribution in [1.82, 2.24) is 0 Å². The van der Waals surface area contributed by atoms with Crippen LogP contribution in [-0.2, 0) is 9.53 Å². The summed E-state index contributed by atoms with van der Waals surface area (Å²) in [6.45, 7) is 0. The Morgan fingerprint density at radius 1 is 1.42 bits per heavy atom. The van der Waals surface area contributed by atoms with Crippen LogP contribution in [-0.4, -0.2) is 19.5 Å².